The van der Waals surface area contributed by atoms with E-state index in [2.05, 4.69) is 11.4 Å². The van der Waals surface area contributed by atoms with E-state index in [0.717, 1.165) is 12.5 Å². The van der Waals surface area contributed by atoms with E-state index >= 15 is 0 Å². The molecule has 0 radical (unpaired) electrons. The second-order valence-electron chi connectivity index (χ2n) is 5.06. The van der Waals surface area contributed by atoms with Crippen molar-refractivity contribution in [1.82, 2.24) is 5.32 Å². The van der Waals surface area contributed by atoms with E-state index < -0.39 is 11.6 Å². The predicted molar refractivity (Wildman–Crippen MR) is 75.7 cm³/mol. The third kappa shape index (κ3) is 2.69. The van der Waals surface area contributed by atoms with Gasteiger partial charge in [0.05, 0.1) is 5.38 Å². The fourth-order valence-corrected chi connectivity index (χ4v) is 3.12. The number of benzene rings is 2. The Labute approximate surface area is 121 Å². The van der Waals surface area contributed by atoms with Crippen LogP contribution in [-0.2, 0) is 13.0 Å². The van der Waals surface area contributed by atoms with Gasteiger partial charge in [-0.25, -0.2) is 8.78 Å². The van der Waals surface area contributed by atoms with Crippen LogP contribution in [0, 0.1) is 11.6 Å². The zero-order chi connectivity index (χ0) is 14.1. The third-order valence-electron chi connectivity index (χ3n) is 3.62. The van der Waals surface area contributed by atoms with E-state index in [9.17, 15) is 8.78 Å². The number of hydrogen-bond donors (Lipinski definition) is 1. The molecule has 0 heterocycles. The molecule has 2 aromatic rings. The molecule has 2 unspecified atom stereocenters. The largest absolute Gasteiger partial charge is 0.305 e. The Kier molecular flexibility index (Phi) is 3.72. The lowest BCUT2D eigenvalue weighted by atomic mass is 10.1. The van der Waals surface area contributed by atoms with Crippen molar-refractivity contribution in [3.63, 3.8) is 0 Å². The molecule has 1 aliphatic rings. The van der Waals surface area contributed by atoms with Crippen LogP contribution in [0.4, 0.5) is 8.78 Å². The van der Waals surface area contributed by atoms with Crippen LogP contribution in [0.25, 0.3) is 0 Å². The summed E-state index contributed by atoms with van der Waals surface area (Å²) in [6.07, 6.45) is 0.812. The Morgan fingerprint density at radius 3 is 2.55 bits per heavy atom. The molecule has 1 aliphatic carbocycles. The minimum atomic E-state index is -0.559. The van der Waals surface area contributed by atoms with Gasteiger partial charge in [-0.3, -0.25) is 0 Å². The molecule has 1 nitrogen and oxygen atoms in total. The highest BCUT2D eigenvalue weighted by Crippen LogP contribution is 2.34. The highest BCUT2D eigenvalue weighted by molar-refractivity contribution is 6.21. The lowest BCUT2D eigenvalue weighted by molar-refractivity contribution is 0.528. The van der Waals surface area contributed by atoms with Gasteiger partial charge in [-0.2, -0.15) is 0 Å². The van der Waals surface area contributed by atoms with E-state index in [0.29, 0.717) is 12.1 Å². The number of fused-ring (bicyclic) bond motifs is 1. The van der Waals surface area contributed by atoms with Gasteiger partial charge in [0.15, 0.2) is 0 Å². The molecule has 4 heteroatoms. The molecule has 0 fully saturated rings. The Morgan fingerprint density at radius 2 is 1.80 bits per heavy atom. The number of rotatable bonds is 3. The van der Waals surface area contributed by atoms with E-state index in [1.165, 1.54) is 23.3 Å². The lowest BCUT2D eigenvalue weighted by Gasteiger charge is -2.17. The Balaban J connectivity index is 1.75. The molecule has 0 saturated heterocycles. The smallest absolute Gasteiger partial charge is 0.126 e. The second-order valence-corrected chi connectivity index (χ2v) is 5.62. The van der Waals surface area contributed by atoms with Gasteiger partial charge in [0.1, 0.15) is 11.6 Å². The zero-order valence-corrected chi connectivity index (χ0v) is 11.5. The fourth-order valence-electron chi connectivity index (χ4n) is 2.72. The number of halogens is 3. The summed E-state index contributed by atoms with van der Waals surface area (Å²) in [5, 5.41) is 3.26. The maximum Gasteiger partial charge on any atom is 0.126 e. The highest BCUT2D eigenvalue weighted by atomic mass is 35.5. The molecule has 20 heavy (non-hydrogen) atoms. The summed E-state index contributed by atoms with van der Waals surface area (Å²) in [5.41, 5.74) is 2.98. The minimum absolute atomic E-state index is 0.0131. The van der Waals surface area contributed by atoms with E-state index in [-0.39, 0.29) is 11.4 Å². The molecule has 0 spiro atoms. The minimum Gasteiger partial charge on any atom is -0.305 e. The van der Waals surface area contributed by atoms with Crippen LogP contribution < -0.4 is 5.32 Å². The maximum atomic E-state index is 13.2. The summed E-state index contributed by atoms with van der Waals surface area (Å²) in [5.74, 6) is -1.12. The van der Waals surface area contributed by atoms with E-state index in [1.54, 1.807) is 0 Å². The van der Waals surface area contributed by atoms with E-state index in [1.807, 2.05) is 18.2 Å². The van der Waals surface area contributed by atoms with Crippen molar-refractivity contribution in [2.45, 2.75) is 24.4 Å². The standard InChI is InChI=1S/C16H14ClF2N/c17-15-7-11-3-1-2-4-14(11)16(15)20-9-10-5-12(18)8-13(19)6-10/h1-6,8,15-16,20H,7,9H2. The predicted octanol–water partition coefficient (Wildman–Crippen LogP) is 3.96. The molecule has 2 aromatic carbocycles. The van der Waals surface area contributed by atoms with Crippen LogP contribution in [0.3, 0.4) is 0 Å². The molecular formula is C16H14ClF2N. The SMILES string of the molecule is Fc1cc(F)cc(CNC2c3ccccc3CC2Cl)c1. The quantitative estimate of drug-likeness (QED) is 0.845. The average molecular weight is 294 g/mol. The molecule has 1 N–H and O–H groups in total. The first kappa shape index (κ1) is 13.5. The van der Waals surface area contributed by atoms with Crippen molar-refractivity contribution < 1.29 is 8.78 Å². The molecule has 3 rings (SSSR count). The number of nitrogens with one attached hydrogen (secondary N) is 1. The summed E-state index contributed by atoms with van der Waals surface area (Å²) in [6, 6.07) is 11.6. The second kappa shape index (κ2) is 5.51. The van der Waals surface area contributed by atoms with Gasteiger partial charge in [0.25, 0.3) is 0 Å². The van der Waals surface area contributed by atoms with Crippen LogP contribution in [0.2, 0.25) is 0 Å². The topological polar surface area (TPSA) is 12.0 Å². The Morgan fingerprint density at radius 1 is 1.10 bits per heavy atom. The van der Waals surface area contributed by atoms with Gasteiger partial charge in [0.2, 0.25) is 0 Å². The van der Waals surface area contributed by atoms with Crippen molar-refractivity contribution in [3.8, 4) is 0 Å². The number of alkyl halides is 1. The average Bonchev–Trinajstić information content (AvgIpc) is 2.71. The molecule has 0 bridgehead atoms. The van der Waals surface area contributed by atoms with Crippen LogP contribution in [0.15, 0.2) is 42.5 Å². The zero-order valence-electron chi connectivity index (χ0n) is 10.7. The van der Waals surface area contributed by atoms with Crippen molar-refractivity contribution in [2.75, 3.05) is 0 Å². The van der Waals surface area contributed by atoms with Crippen LogP contribution >= 0.6 is 11.6 Å². The maximum absolute atomic E-state index is 13.2. The molecule has 104 valence electrons. The summed E-state index contributed by atoms with van der Waals surface area (Å²) in [6.45, 7) is 0.386. The first-order valence-corrected chi connectivity index (χ1v) is 6.97. The summed E-state index contributed by atoms with van der Waals surface area (Å²) in [4.78, 5) is 0. The van der Waals surface area contributed by atoms with E-state index in [4.69, 9.17) is 11.6 Å². The Bertz CT molecular complexity index is 609. The van der Waals surface area contributed by atoms with Gasteiger partial charge < -0.3 is 5.32 Å². The molecule has 0 amide bonds. The van der Waals surface area contributed by atoms with Crippen molar-refractivity contribution in [2.24, 2.45) is 0 Å². The van der Waals surface area contributed by atoms with Crippen molar-refractivity contribution in [3.05, 3.63) is 70.8 Å². The van der Waals surface area contributed by atoms with Gasteiger partial charge >= 0.3 is 0 Å². The van der Waals surface area contributed by atoms with Crippen LogP contribution in [0.5, 0.6) is 0 Å². The van der Waals surface area contributed by atoms with Crippen molar-refractivity contribution >= 4 is 11.6 Å². The number of hydrogen-bond acceptors (Lipinski definition) is 1. The summed E-state index contributed by atoms with van der Waals surface area (Å²) >= 11 is 6.36. The highest BCUT2D eigenvalue weighted by Gasteiger charge is 2.30. The summed E-state index contributed by atoms with van der Waals surface area (Å²) < 4.78 is 26.3. The van der Waals surface area contributed by atoms with Gasteiger partial charge in [-0.1, -0.05) is 24.3 Å². The molecule has 2 atom stereocenters. The normalized spacial score (nSPS) is 20.9. The molecule has 0 aromatic heterocycles. The molecule has 0 aliphatic heterocycles. The molecule has 0 saturated carbocycles. The first-order valence-electron chi connectivity index (χ1n) is 6.54. The van der Waals surface area contributed by atoms with Crippen LogP contribution in [-0.4, -0.2) is 5.38 Å². The first-order chi connectivity index (χ1) is 9.63. The van der Waals surface area contributed by atoms with Gasteiger partial charge in [-0.05, 0) is 35.2 Å². The lowest BCUT2D eigenvalue weighted by Crippen LogP contribution is -2.25. The van der Waals surface area contributed by atoms with Gasteiger partial charge in [0, 0.05) is 18.7 Å². The Hall–Kier alpha value is -1.45. The fraction of sp³-hybridized carbons (Fsp3) is 0.250. The van der Waals surface area contributed by atoms with Crippen molar-refractivity contribution in [1.29, 1.82) is 0 Å². The van der Waals surface area contributed by atoms with Crippen LogP contribution in [0.1, 0.15) is 22.7 Å². The monoisotopic (exact) mass is 293 g/mol. The molecular weight excluding hydrogens is 280 g/mol. The van der Waals surface area contributed by atoms with Gasteiger partial charge in [-0.15, -0.1) is 11.6 Å². The summed E-state index contributed by atoms with van der Waals surface area (Å²) in [7, 11) is 0. The third-order valence-corrected chi connectivity index (χ3v) is 4.02.